The second-order valence-electron chi connectivity index (χ2n) is 7.44. The molecule has 3 aliphatic carbocycles. The highest BCUT2D eigenvalue weighted by molar-refractivity contribution is 5.36. The van der Waals surface area contributed by atoms with Gasteiger partial charge in [0.05, 0.1) is 12.2 Å². The van der Waals surface area contributed by atoms with E-state index in [1.807, 2.05) is 0 Å². The van der Waals surface area contributed by atoms with Crippen LogP contribution in [0.5, 0.6) is 0 Å². The van der Waals surface area contributed by atoms with Crippen LogP contribution in [0.1, 0.15) is 58.3 Å². The Morgan fingerprint density at radius 3 is 2.76 bits per heavy atom. The van der Waals surface area contributed by atoms with Crippen LogP contribution in [-0.4, -0.2) is 22.4 Å². The first kappa shape index (κ1) is 15.1. The van der Waals surface area contributed by atoms with E-state index in [9.17, 15) is 10.2 Å². The molecule has 116 valence electrons. The third-order valence-electron chi connectivity index (χ3n) is 6.10. The summed E-state index contributed by atoms with van der Waals surface area (Å²) in [5.74, 6) is 0.542. The van der Waals surface area contributed by atoms with E-state index in [1.165, 1.54) is 23.1 Å². The summed E-state index contributed by atoms with van der Waals surface area (Å²) in [5.41, 5.74) is 3.99. The summed E-state index contributed by atoms with van der Waals surface area (Å²) in [6.45, 7) is 6.40. The quantitative estimate of drug-likeness (QED) is 0.768. The predicted octanol–water partition coefficient (Wildman–Crippen LogP) is 3.90. The Kier molecular flexibility index (Phi) is 4.11. The Morgan fingerprint density at radius 2 is 1.95 bits per heavy atom. The van der Waals surface area contributed by atoms with Gasteiger partial charge in [-0.05, 0) is 62.9 Å². The van der Waals surface area contributed by atoms with Crippen LogP contribution in [0.15, 0.2) is 35.5 Å². The SMILES string of the molecule is C=C1CC[C@H](O)C/C1=C/C=C1\CCC[C@]2(C)[C@@H](O)CC[C@@H]12. The minimum Gasteiger partial charge on any atom is -0.393 e. The number of fused-ring (bicyclic) bond motifs is 1. The van der Waals surface area contributed by atoms with E-state index in [1.54, 1.807) is 0 Å². The van der Waals surface area contributed by atoms with Crippen molar-refractivity contribution >= 4 is 0 Å². The lowest BCUT2D eigenvalue weighted by Crippen LogP contribution is -2.36. The average molecular weight is 288 g/mol. The predicted molar refractivity (Wildman–Crippen MR) is 85.9 cm³/mol. The first-order chi connectivity index (χ1) is 10.0. The highest BCUT2D eigenvalue weighted by Crippen LogP contribution is 2.54. The molecule has 0 bridgehead atoms. The molecular formula is C19H28O2. The highest BCUT2D eigenvalue weighted by atomic mass is 16.3. The van der Waals surface area contributed by atoms with Crippen molar-refractivity contribution in [2.24, 2.45) is 11.3 Å². The minimum atomic E-state index is -0.204. The largest absolute Gasteiger partial charge is 0.393 e. The first-order valence-electron chi connectivity index (χ1n) is 8.44. The standard InChI is InChI=1S/C19H28O2/c1-13-5-8-16(20)12-15(13)7-6-14-4-3-11-19(2)17(14)9-10-18(19)21/h6-7,16-18,20-21H,1,3-5,8-12H2,2H3/b14-6+,15-7-/t16-,17-,18-,19-/m0/s1. The van der Waals surface area contributed by atoms with Crippen LogP contribution in [0, 0.1) is 11.3 Å². The molecule has 0 unspecified atom stereocenters. The van der Waals surface area contributed by atoms with Gasteiger partial charge in [0.2, 0.25) is 0 Å². The molecule has 0 heterocycles. The van der Waals surface area contributed by atoms with Gasteiger partial charge < -0.3 is 10.2 Å². The van der Waals surface area contributed by atoms with E-state index in [2.05, 4.69) is 25.7 Å². The summed E-state index contributed by atoms with van der Waals surface area (Å²) in [6.07, 6.45) is 12.2. The van der Waals surface area contributed by atoms with E-state index in [0.29, 0.717) is 5.92 Å². The summed E-state index contributed by atoms with van der Waals surface area (Å²) in [6, 6.07) is 0. The fourth-order valence-electron chi connectivity index (χ4n) is 4.61. The van der Waals surface area contributed by atoms with E-state index >= 15 is 0 Å². The summed E-state index contributed by atoms with van der Waals surface area (Å²) in [7, 11) is 0. The minimum absolute atomic E-state index is 0.0890. The van der Waals surface area contributed by atoms with Gasteiger partial charge in [0, 0.05) is 5.41 Å². The fourth-order valence-corrected chi connectivity index (χ4v) is 4.61. The normalized spacial score (nSPS) is 44.3. The summed E-state index contributed by atoms with van der Waals surface area (Å²) in [4.78, 5) is 0. The Labute approximate surface area is 128 Å². The van der Waals surface area contributed by atoms with Crippen LogP contribution in [-0.2, 0) is 0 Å². The van der Waals surface area contributed by atoms with Crippen molar-refractivity contribution in [1.29, 1.82) is 0 Å². The molecular weight excluding hydrogens is 260 g/mol. The van der Waals surface area contributed by atoms with Gasteiger partial charge >= 0.3 is 0 Å². The number of hydrogen-bond donors (Lipinski definition) is 2. The Morgan fingerprint density at radius 1 is 1.14 bits per heavy atom. The maximum atomic E-state index is 10.3. The van der Waals surface area contributed by atoms with Crippen LogP contribution in [0.2, 0.25) is 0 Å². The van der Waals surface area contributed by atoms with E-state index in [-0.39, 0.29) is 17.6 Å². The Bertz CT molecular complexity index is 488. The van der Waals surface area contributed by atoms with Crippen molar-refractivity contribution in [3.8, 4) is 0 Å². The monoisotopic (exact) mass is 288 g/mol. The van der Waals surface area contributed by atoms with E-state index < -0.39 is 0 Å². The van der Waals surface area contributed by atoms with Gasteiger partial charge in [0.25, 0.3) is 0 Å². The van der Waals surface area contributed by atoms with Gasteiger partial charge in [-0.2, -0.15) is 0 Å². The topological polar surface area (TPSA) is 40.5 Å². The van der Waals surface area contributed by atoms with Crippen LogP contribution in [0.4, 0.5) is 0 Å². The van der Waals surface area contributed by atoms with Crippen molar-refractivity contribution in [3.63, 3.8) is 0 Å². The fraction of sp³-hybridized carbons (Fsp3) is 0.684. The lowest BCUT2D eigenvalue weighted by atomic mass is 9.66. The molecule has 2 N–H and O–H groups in total. The summed E-state index contributed by atoms with van der Waals surface area (Å²) < 4.78 is 0. The molecule has 3 rings (SSSR count). The highest BCUT2D eigenvalue weighted by Gasteiger charge is 2.48. The summed E-state index contributed by atoms with van der Waals surface area (Å²) >= 11 is 0. The van der Waals surface area contributed by atoms with Gasteiger partial charge in [-0.15, -0.1) is 0 Å². The Balaban J connectivity index is 1.81. The molecule has 0 aromatic carbocycles. The molecule has 2 nitrogen and oxygen atoms in total. The van der Waals surface area contributed by atoms with Crippen molar-refractivity contribution in [2.45, 2.75) is 70.5 Å². The van der Waals surface area contributed by atoms with Gasteiger partial charge in [-0.1, -0.05) is 36.8 Å². The van der Waals surface area contributed by atoms with Gasteiger partial charge in [0.1, 0.15) is 0 Å². The smallest absolute Gasteiger partial charge is 0.0599 e. The number of rotatable bonds is 1. The van der Waals surface area contributed by atoms with Crippen LogP contribution in [0.25, 0.3) is 0 Å². The average Bonchev–Trinajstić information content (AvgIpc) is 2.76. The van der Waals surface area contributed by atoms with Gasteiger partial charge in [0.15, 0.2) is 0 Å². The van der Waals surface area contributed by atoms with E-state index in [4.69, 9.17) is 0 Å². The molecule has 0 aliphatic heterocycles. The van der Waals surface area contributed by atoms with Crippen LogP contribution < -0.4 is 0 Å². The molecule has 3 saturated carbocycles. The molecule has 0 aromatic rings. The zero-order chi connectivity index (χ0) is 15.0. The second kappa shape index (κ2) is 5.73. The number of allylic oxidation sites excluding steroid dienone is 4. The maximum absolute atomic E-state index is 10.3. The zero-order valence-corrected chi connectivity index (χ0v) is 13.1. The molecule has 4 atom stereocenters. The molecule has 0 radical (unpaired) electrons. The molecule has 0 saturated heterocycles. The molecule has 0 amide bonds. The lowest BCUT2D eigenvalue weighted by Gasteiger charge is -2.40. The number of hydrogen-bond acceptors (Lipinski definition) is 2. The Hall–Kier alpha value is -0.860. The zero-order valence-electron chi connectivity index (χ0n) is 13.1. The number of aliphatic hydroxyl groups excluding tert-OH is 2. The maximum Gasteiger partial charge on any atom is 0.0599 e. The summed E-state index contributed by atoms with van der Waals surface area (Å²) in [5, 5.41) is 20.1. The third kappa shape index (κ3) is 2.76. The molecule has 3 aliphatic rings. The molecule has 21 heavy (non-hydrogen) atoms. The van der Waals surface area contributed by atoms with Crippen molar-refractivity contribution in [1.82, 2.24) is 0 Å². The lowest BCUT2D eigenvalue weighted by molar-refractivity contribution is 0.0301. The van der Waals surface area contributed by atoms with Crippen molar-refractivity contribution < 1.29 is 10.2 Å². The van der Waals surface area contributed by atoms with E-state index in [0.717, 1.165) is 44.9 Å². The van der Waals surface area contributed by atoms with Gasteiger partial charge in [-0.3, -0.25) is 0 Å². The molecule has 0 aromatic heterocycles. The third-order valence-corrected chi connectivity index (χ3v) is 6.10. The molecule has 0 spiro atoms. The molecule has 3 fully saturated rings. The van der Waals surface area contributed by atoms with Crippen LogP contribution in [0.3, 0.4) is 0 Å². The van der Waals surface area contributed by atoms with Gasteiger partial charge in [-0.25, -0.2) is 0 Å². The molecule has 2 heteroatoms. The second-order valence-corrected chi connectivity index (χ2v) is 7.44. The first-order valence-corrected chi connectivity index (χ1v) is 8.44. The number of aliphatic hydroxyl groups is 2. The van der Waals surface area contributed by atoms with Crippen molar-refractivity contribution in [3.05, 3.63) is 35.5 Å². The van der Waals surface area contributed by atoms with Crippen molar-refractivity contribution in [2.75, 3.05) is 0 Å². The van der Waals surface area contributed by atoms with Crippen LogP contribution >= 0.6 is 0 Å².